The van der Waals surface area contributed by atoms with Crippen LogP contribution in [0.3, 0.4) is 0 Å². The molecule has 2 aromatic carbocycles. The van der Waals surface area contributed by atoms with Crippen LogP contribution in [0, 0.1) is 17.8 Å². The van der Waals surface area contributed by atoms with Gasteiger partial charge in [0.15, 0.2) is 6.29 Å². The van der Waals surface area contributed by atoms with Crippen LogP contribution in [-0.4, -0.2) is 58.0 Å². The number of aliphatic hydroxyl groups excluding tert-OH is 1. The normalized spacial score (nSPS) is 22.6. The fourth-order valence-electron chi connectivity index (χ4n) is 6.02. The SMILES string of the molecule is C=C(COC)C(=O)Oc1ccc(-c2ccc(OC(O)C(=C)COC)c(C3OCC(C4CCC(CCCC)CC4)CO3)c2)cc1. The Labute approximate surface area is 261 Å². The highest BCUT2D eigenvalue weighted by Gasteiger charge is 2.33. The second-order valence-electron chi connectivity index (χ2n) is 11.9. The van der Waals surface area contributed by atoms with Crippen LogP contribution in [0.15, 0.2) is 66.8 Å². The van der Waals surface area contributed by atoms with Gasteiger partial charge in [0.25, 0.3) is 0 Å². The topological polar surface area (TPSA) is 92.7 Å². The number of hydrogen-bond donors (Lipinski definition) is 1. The monoisotopic (exact) mass is 608 g/mol. The lowest BCUT2D eigenvalue weighted by Gasteiger charge is -2.38. The number of benzene rings is 2. The highest BCUT2D eigenvalue weighted by atomic mass is 16.7. The molecule has 44 heavy (non-hydrogen) atoms. The van der Waals surface area contributed by atoms with Gasteiger partial charge in [-0.15, -0.1) is 0 Å². The third-order valence-electron chi connectivity index (χ3n) is 8.63. The van der Waals surface area contributed by atoms with Gasteiger partial charge in [-0.1, -0.05) is 70.4 Å². The molecule has 0 radical (unpaired) electrons. The Morgan fingerprint density at radius 3 is 2.23 bits per heavy atom. The first-order valence-electron chi connectivity index (χ1n) is 15.7. The highest BCUT2D eigenvalue weighted by Crippen LogP contribution is 2.41. The van der Waals surface area contributed by atoms with Gasteiger partial charge < -0.3 is 33.5 Å². The summed E-state index contributed by atoms with van der Waals surface area (Å²) in [7, 11) is 3.04. The van der Waals surface area contributed by atoms with Crippen LogP contribution >= 0.6 is 0 Å². The summed E-state index contributed by atoms with van der Waals surface area (Å²) in [6.07, 6.45) is 7.12. The molecule has 4 rings (SSSR count). The lowest BCUT2D eigenvalue weighted by Crippen LogP contribution is -2.34. The average molecular weight is 609 g/mol. The van der Waals surface area contributed by atoms with E-state index in [1.54, 1.807) is 18.2 Å². The van der Waals surface area contributed by atoms with Crippen LogP contribution in [0.1, 0.15) is 63.7 Å². The molecule has 1 unspecified atom stereocenters. The van der Waals surface area contributed by atoms with Crippen molar-refractivity contribution in [1.82, 2.24) is 0 Å². The minimum Gasteiger partial charge on any atom is -0.461 e. The van der Waals surface area contributed by atoms with Crippen molar-refractivity contribution in [2.45, 2.75) is 64.4 Å². The van der Waals surface area contributed by atoms with Crippen LogP contribution in [0.25, 0.3) is 11.1 Å². The first-order chi connectivity index (χ1) is 21.3. The van der Waals surface area contributed by atoms with E-state index >= 15 is 0 Å². The number of carbonyl (C=O) groups is 1. The van der Waals surface area contributed by atoms with Crippen molar-refractivity contribution in [2.75, 3.05) is 40.6 Å². The van der Waals surface area contributed by atoms with E-state index in [-0.39, 0.29) is 18.8 Å². The van der Waals surface area contributed by atoms with E-state index in [0.717, 1.165) is 17.0 Å². The van der Waals surface area contributed by atoms with Crippen molar-refractivity contribution < 1.29 is 38.3 Å². The number of methoxy groups -OCH3 is 2. The number of esters is 1. The zero-order valence-corrected chi connectivity index (χ0v) is 26.4. The van der Waals surface area contributed by atoms with E-state index < -0.39 is 18.5 Å². The predicted octanol–water partition coefficient (Wildman–Crippen LogP) is 7.02. The summed E-state index contributed by atoms with van der Waals surface area (Å²) < 4.78 is 34.1. The quantitative estimate of drug-likeness (QED) is 0.0758. The first-order valence-corrected chi connectivity index (χ1v) is 15.7. The van der Waals surface area contributed by atoms with Gasteiger partial charge in [0, 0.05) is 25.7 Å². The molecule has 1 atom stereocenters. The number of hydrogen-bond acceptors (Lipinski definition) is 8. The van der Waals surface area contributed by atoms with E-state index in [1.165, 1.54) is 59.2 Å². The Balaban J connectivity index is 1.47. The summed E-state index contributed by atoms with van der Waals surface area (Å²) in [5.74, 6) is 2.16. The zero-order valence-electron chi connectivity index (χ0n) is 26.4. The lowest BCUT2D eigenvalue weighted by molar-refractivity contribution is -0.215. The molecule has 1 heterocycles. The second-order valence-corrected chi connectivity index (χ2v) is 11.9. The molecule has 0 amide bonds. The van der Waals surface area contributed by atoms with Gasteiger partial charge in [0.2, 0.25) is 6.29 Å². The van der Waals surface area contributed by atoms with Crippen LogP contribution in [0.4, 0.5) is 0 Å². The first kappa shape index (κ1) is 33.9. The molecule has 0 aromatic heterocycles. The smallest absolute Gasteiger partial charge is 0.341 e. The van der Waals surface area contributed by atoms with Crippen molar-refractivity contribution in [3.05, 3.63) is 72.3 Å². The number of rotatable bonds is 15. The molecular formula is C36H48O8. The van der Waals surface area contributed by atoms with E-state index in [1.807, 2.05) is 24.3 Å². The van der Waals surface area contributed by atoms with E-state index in [2.05, 4.69) is 20.1 Å². The van der Waals surface area contributed by atoms with Crippen LogP contribution in [-0.2, 0) is 23.7 Å². The largest absolute Gasteiger partial charge is 0.461 e. The molecule has 1 N–H and O–H groups in total. The molecule has 0 spiro atoms. The van der Waals surface area contributed by atoms with Gasteiger partial charge in [-0.05, 0) is 60.1 Å². The molecule has 2 fully saturated rings. The van der Waals surface area contributed by atoms with Crippen molar-refractivity contribution in [3.63, 3.8) is 0 Å². The van der Waals surface area contributed by atoms with Crippen LogP contribution in [0.2, 0.25) is 0 Å². The van der Waals surface area contributed by atoms with Gasteiger partial charge >= 0.3 is 5.97 Å². The van der Waals surface area contributed by atoms with Crippen LogP contribution < -0.4 is 9.47 Å². The fourth-order valence-corrected chi connectivity index (χ4v) is 6.02. The standard InChI is InChI=1S/C36H48O8/c1-6-7-8-26-9-11-28(12-10-26)30-22-41-36(42-23-30)32-19-29(15-18-33(32)44-35(38)25(3)21-40-5)27-13-16-31(17-14-27)43-34(37)24(2)20-39-4/h13-19,26,28,30,35-36,38H,2-3,6-12,20-23H2,1,4-5H3. The Hall–Kier alpha value is -3.01. The molecule has 1 aliphatic carbocycles. The van der Waals surface area contributed by atoms with E-state index in [0.29, 0.717) is 47.7 Å². The maximum Gasteiger partial charge on any atom is 0.341 e. The number of ether oxygens (including phenoxy) is 6. The third kappa shape index (κ3) is 9.25. The summed E-state index contributed by atoms with van der Waals surface area (Å²) in [5.41, 5.74) is 3.10. The average Bonchev–Trinajstić information content (AvgIpc) is 3.05. The molecule has 1 saturated carbocycles. The van der Waals surface area contributed by atoms with Gasteiger partial charge in [0.1, 0.15) is 11.5 Å². The molecule has 1 aliphatic heterocycles. The van der Waals surface area contributed by atoms with Crippen molar-refractivity contribution in [3.8, 4) is 22.6 Å². The molecule has 1 saturated heterocycles. The van der Waals surface area contributed by atoms with Crippen molar-refractivity contribution >= 4 is 5.97 Å². The Morgan fingerprint density at radius 2 is 1.59 bits per heavy atom. The molecule has 2 aliphatic rings. The zero-order chi connectivity index (χ0) is 31.5. The maximum atomic E-state index is 12.2. The number of unbranched alkanes of at least 4 members (excludes halogenated alkanes) is 1. The number of carbonyl (C=O) groups excluding carboxylic acids is 1. The predicted molar refractivity (Wildman–Crippen MR) is 169 cm³/mol. The summed E-state index contributed by atoms with van der Waals surface area (Å²) in [4.78, 5) is 12.2. The highest BCUT2D eigenvalue weighted by molar-refractivity contribution is 5.89. The summed E-state index contributed by atoms with van der Waals surface area (Å²) in [5, 5.41) is 10.6. The molecule has 0 bridgehead atoms. The third-order valence-corrected chi connectivity index (χ3v) is 8.63. The lowest BCUT2D eigenvalue weighted by atomic mass is 9.74. The Bertz CT molecular complexity index is 1220. The van der Waals surface area contributed by atoms with Gasteiger partial charge in [0.05, 0.1) is 37.6 Å². The summed E-state index contributed by atoms with van der Waals surface area (Å²) >= 11 is 0. The van der Waals surface area contributed by atoms with Gasteiger partial charge in [-0.2, -0.15) is 0 Å². The van der Waals surface area contributed by atoms with Crippen molar-refractivity contribution in [1.29, 1.82) is 0 Å². The van der Waals surface area contributed by atoms with E-state index in [4.69, 9.17) is 28.4 Å². The molecule has 8 heteroatoms. The number of aliphatic hydroxyl groups is 1. The summed E-state index contributed by atoms with van der Waals surface area (Å²) in [6, 6.07) is 12.8. The fraction of sp³-hybridized carbons (Fsp3) is 0.528. The molecule has 240 valence electrons. The van der Waals surface area contributed by atoms with Crippen LogP contribution in [0.5, 0.6) is 11.5 Å². The minimum absolute atomic E-state index is 0.105. The molecular weight excluding hydrogens is 560 g/mol. The maximum absolute atomic E-state index is 12.2. The second kappa shape index (κ2) is 16.9. The van der Waals surface area contributed by atoms with E-state index in [9.17, 15) is 9.90 Å². The van der Waals surface area contributed by atoms with Gasteiger partial charge in [-0.25, -0.2) is 4.79 Å². The summed E-state index contributed by atoms with van der Waals surface area (Å²) in [6.45, 7) is 11.3. The van der Waals surface area contributed by atoms with Crippen molar-refractivity contribution in [2.24, 2.45) is 17.8 Å². The Kier molecular flexibility index (Phi) is 13.0. The Morgan fingerprint density at radius 1 is 0.932 bits per heavy atom. The van der Waals surface area contributed by atoms with Gasteiger partial charge in [-0.3, -0.25) is 0 Å². The minimum atomic E-state index is -1.25. The molecule has 2 aromatic rings. The molecule has 8 nitrogen and oxygen atoms in total.